The molecule has 2 N–H and O–H groups in total. The number of halogens is 1. The van der Waals surface area contributed by atoms with Gasteiger partial charge in [0.25, 0.3) is 0 Å². The molecule has 0 aliphatic rings. The SMILES string of the molecule is CC(C)(C)OC(=O)NC(Cc1ccc(Br)cc1)[13C](=O)O. The number of rotatable bonds is 4. The minimum Gasteiger partial charge on any atom is -0.480 e. The van der Waals surface area contributed by atoms with Gasteiger partial charge in [-0.05, 0) is 38.5 Å². The zero-order chi connectivity index (χ0) is 15.3. The summed E-state index contributed by atoms with van der Waals surface area (Å²) >= 11 is 3.31. The molecule has 0 aliphatic heterocycles. The van der Waals surface area contributed by atoms with Crippen LogP contribution in [-0.4, -0.2) is 28.8 Å². The van der Waals surface area contributed by atoms with E-state index in [1.54, 1.807) is 32.9 Å². The normalized spacial score (nSPS) is 12.6. The highest BCUT2D eigenvalue weighted by Crippen LogP contribution is 2.12. The van der Waals surface area contributed by atoms with Crippen LogP contribution in [0.4, 0.5) is 4.79 Å². The Kier molecular flexibility index (Phi) is 5.56. The first-order valence-electron chi connectivity index (χ1n) is 6.14. The van der Waals surface area contributed by atoms with E-state index >= 15 is 0 Å². The van der Waals surface area contributed by atoms with Crippen LogP contribution in [0.3, 0.4) is 0 Å². The highest BCUT2D eigenvalue weighted by atomic mass is 79.9. The molecule has 110 valence electrons. The maximum Gasteiger partial charge on any atom is 0.408 e. The molecular formula is C14H18BrNO4. The largest absolute Gasteiger partial charge is 0.480 e. The second-order valence-electron chi connectivity index (χ2n) is 5.37. The molecule has 0 saturated carbocycles. The van der Waals surface area contributed by atoms with Crippen LogP contribution in [0.15, 0.2) is 28.7 Å². The number of alkyl carbamates (subject to hydrolysis) is 1. The van der Waals surface area contributed by atoms with Gasteiger partial charge in [0.15, 0.2) is 0 Å². The van der Waals surface area contributed by atoms with E-state index in [2.05, 4.69) is 21.2 Å². The van der Waals surface area contributed by atoms with E-state index in [-0.39, 0.29) is 6.42 Å². The lowest BCUT2D eigenvalue weighted by atomic mass is 10.1. The molecule has 1 rings (SSSR count). The Morgan fingerprint density at radius 3 is 2.30 bits per heavy atom. The van der Waals surface area contributed by atoms with E-state index in [4.69, 9.17) is 9.84 Å². The molecule has 0 aliphatic carbocycles. The van der Waals surface area contributed by atoms with Crippen molar-refractivity contribution in [1.82, 2.24) is 5.32 Å². The quantitative estimate of drug-likeness (QED) is 0.823. The second-order valence-corrected chi connectivity index (χ2v) is 6.28. The average Bonchev–Trinajstić information content (AvgIpc) is 2.28. The third kappa shape index (κ3) is 6.06. The van der Waals surface area contributed by atoms with Crippen LogP contribution in [0.2, 0.25) is 0 Å². The summed E-state index contributed by atoms with van der Waals surface area (Å²) in [5.74, 6) is -1.10. The zero-order valence-electron chi connectivity index (χ0n) is 11.6. The minimum absolute atomic E-state index is 0.196. The van der Waals surface area contributed by atoms with Crippen LogP contribution in [0.1, 0.15) is 26.3 Å². The van der Waals surface area contributed by atoms with Gasteiger partial charge in [-0.1, -0.05) is 28.1 Å². The maximum absolute atomic E-state index is 11.6. The molecule has 6 heteroatoms. The van der Waals surface area contributed by atoms with Gasteiger partial charge in [0.05, 0.1) is 0 Å². The summed E-state index contributed by atoms with van der Waals surface area (Å²) in [5.41, 5.74) is 0.154. The molecule has 0 spiro atoms. The van der Waals surface area contributed by atoms with E-state index in [1.807, 2.05) is 12.1 Å². The van der Waals surface area contributed by atoms with Crippen molar-refractivity contribution in [3.8, 4) is 0 Å². The second kappa shape index (κ2) is 6.74. The average molecular weight is 345 g/mol. The van der Waals surface area contributed by atoms with Gasteiger partial charge in [0.1, 0.15) is 11.6 Å². The molecule has 20 heavy (non-hydrogen) atoms. The van der Waals surface area contributed by atoms with Crippen molar-refractivity contribution in [1.29, 1.82) is 0 Å². The van der Waals surface area contributed by atoms with Gasteiger partial charge in [-0.2, -0.15) is 0 Å². The van der Waals surface area contributed by atoms with E-state index in [0.717, 1.165) is 10.0 Å². The number of ether oxygens (including phenoxy) is 1. The van der Waals surface area contributed by atoms with E-state index < -0.39 is 23.7 Å². The number of benzene rings is 1. The number of hydrogen-bond donors (Lipinski definition) is 2. The molecule has 0 fully saturated rings. The van der Waals surface area contributed by atoms with Gasteiger partial charge in [-0.25, -0.2) is 9.59 Å². The molecule has 0 bridgehead atoms. The monoisotopic (exact) mass is 344 g/mol. The Hall–Kier alpha value is -1.56. The fourth-order valence-corrected chi connectivity index (χ4v) is 1.77. The summed E-state index contributed by atoms with van der Waals surface area (Å²) in [7, 11) is 0. The van der Waals surface area contributed by atoms with E-state index in [1.165, 1.54) is 0 Å². The molecule has 0 saturated heterocycles. The summed E-state index contributed by atoms with van der Waals surface area (Å²) < 4.78 is 5.96. The number of amides is 1. The number of carbonyl (C=O) groups excluding carboxylic acids is 1. The third-order valence-corrected chi connectivity index (χ3v) is 2.87. The Morgan fingerprint density at radius 2 is 1.85 bits per heavy atom. The summed E-state index contributed by atoms with van der Waals surface area (Å²) in [6.45, 7) is 5.16. The van der Waals surface area contributed by atoms with Crippen LogP contribution in [0.5, 0.6) is 0 Å². The molecular weight excluding hydrogens is 327 g/mol. The number of nitrogens with one attached hydrogen (secondary N) is 1. The van der Waals surface area contributed by atoms with E-state index in [9.17, 15) is 9.59 Å². The highest BCUT2D eigenvalue weighted by molar-refractivity contribution is 9.10. The van der Waals surface area contributed by atoms with Gasteiger partial charge in [-0.3, -0.25) is 0 Å². The van der Waals surface area contributed by atoms with Gasteiger partial charge < -0.3 is 15.2 Å². The van der Waals surface area contributed by atoms with Crippen molar-refractivity contribution in [3.63, 3.8) is 0 Å². The van der Waals surface area contributed by atoms with Crippen LogP contribution in [-0.2, 0) is 16.0 Å². The number of aliphatic carboxylic acids is 1. The zero-order valence-corrected chi connectivity index (χ0v) is 13.2. The number of carbonyl (C=O) groups is 2. The first kappa shape index (κ1) is 16.5. The lowest BCUT2D eigenvalue weighted by Crippen LogP contribution is -2.44. The lowest BCUT2D eigenvalue weighted by Gasteiger charge is -2.22. The minimum atomic E-state index is -1.10. The van der Waals surface area contributed by atoms with Crippen LogP contribution >= 0.6 is 15.9 Å². The van der Waals surface area contributed by atoms with Crippen molar-refractivity contribution in [2.24, 2.45) is 0 Å². The van der Waals surface area contributed by atoms with Gasteiger partial charge >= 0.3 is 12.1 Å². The molecule has 1 atom stereocenters. The third-order valence-electron chi connectivity index (χ3n) is 2.34. The van der Waals surface area contributed by atoms with Crippen LogP contribution in [0, 0.1) is 0 Å². The predicted molar refractivity (Wildman–Crippen MR) is 78.6 cm³/mol. The topological polar surface area (TPSA) is 75.6 Å². The predicted octanol–water partition coefficient (Wildman–Crippen LogP) is 2.97. The van der Waals surface area contributed by atoms with Crippen LogP contribution < -0.4 is 5.32 Å². The summed E-state index contributed by atoms with van der Waals surface area (Å²) in [4.78, 5) is 22.8. The van der Waals surface area contributed by atoms with E-state index in [0.29, 0.717) is 0 Å². The smallest absolute Gasteiger partial charge is 0.408 e. The molecule has 1 aromatic carbocycles. The molecule has 1 aromatic rings. The summed E-state index contributed by atoms with van der Waals surface area (Å²) in [5, 5.41) is 11.5. The first-order valence-corrected chi connectivity index (χ1v) is 6.93. The van der Waals surface area contributed by atoms with Crippen molar-refractivity contribution < 1.29 is 19.4 Å². The van der Waals surface area contributed by atoms with Crippen molar-refractivity contribution in [2.75, 3.05) is 0 Å². The van der Waals surface area contributed by atoms with Crippen molar-refractivity contribution in [2.45, 2.75) is 38.8 Å². The fourth-order valence-electron chi connectivity index (χ4n) is 1.51. The van der Waals surface area contributed by atoms with Gasteiger partial charge in [-0.15, -0.1) is 0 Å². The van der Waals surface area contributed by atoms with Crippen molar-refractivity contribution in [3.05, 3.63) is 34.3 Å². The number of carboxylic acids is 1. The van der Waals surface area contributed by atoms with Gasteiger partial charge in [0.2, 0.25) is 0 Å². The Balaban J connectivity index is 2.68. The Morgan fingerprint density at radius 1 is 1.30 bits per heavy atom. The fraction of sp³-hybridized carbons (Fsp3) is 0.429. The van der Waals surface area contributed by atoms with Crippen LogP contribution in [0.25, 0.3) is 0 Å². The summed E-state index contributed by atoms with van der Waals surface area (Å²) in [6.07, 6.45) is -0.538. The molecule has 1 unspecified atom stereocenters. The number of hydrogen-bond acceptors (Lipinski definition) is 3. The van der Waals surface area contributed by atoms with Gasteiger partial charge in [0, 0.05) is 10.9 Å². The standard InChI is InChI=1S/C14H18BrNO4/c1-14(2,3)20-13(19)16-11(12(17)18)8-9-4-6-10(15)7-5-9/h4-7,11H,8H2,1-3H3,(H,16,19)(H,17,18)/i12+1. The Labute approximate surface area is 126 Å². The summed E-state index contributed by atoms with van der Waals surface area (Å²) in [6, 6.07) is 6.22. The maximum atomic E-state index is 11.6. The molecule has 0 heterocycles. The Bertz CT molecular complexity index is 479. The molecule has 0 radical (unpaired) electrons. The highest BCUT2D eigenvalue weighted by Gasteiger charge is 2.24. The number of carboxylic acid groups (broad SMARTS) is 1. The van der Waals surface area contributed by atoms with Crippen molar-refractivity contribution >= 4 is 28.0 Å². The lowest BCUT2D eigenvalue weighted by molar-refractivity contribution is -0.139. The molecule has 1 amide bonds. The first-order chi connectivity index (χ1) is 9.17. The molecule has 0 aromatic heterocycles. The molecule has 5 nitrogen and oxygen atoms in total.